The van der Waals surface area contributed by atoms with Crippen molar-refractivity contribution in [1.82, 2.24) is 4.90 Å². The summed E-state index contributed by atoms with van der Waals surface area (Å²) in [6, 6.07) is 5.64. The lowest BCUT2D eigenvalue weighted by Gasteiger charge is -2.39. The fourth-order valence-electron chi connectivity index (χ4n) is 2.95. The normalized spacial score (nSPS) is 18.5. The Balaban J connectivity index is 2.02. The van der Waals surface area contributed by atoms with E-state index in [1.807, 2.05) is 18.2 Å². The summed E-state index contributed by atoms with van der Waals surface area (Å²) in [4.78, 5) is 2.44. The SMILES string of the molecule is CCC1(C)CCN(Cc2ccc(OC)c(B(O)O)c2)CC1. The maximum Gasteiger partial charge on any atom is 0.492 e. The van der Waals surface area contributed by atoms with Crippen LogP contribution < -0.4 is 10.2 Å². The third-order valence-corrected chi connectivity index (χ3v) is 4.90. The second-order valence-corrected chi connectivity index (χ2v) is 6.39. The number of rotatable bonds is 5. The fraction of sp³-hybridized carbons (Fsp3) is 0.625. The van der Waals surface area contributed by atoms with E-state index < -0.39 is 7.12 Å². The van der Waals surface area contributed by atoms with E-state index in [1.165, 1.54) is 26.4 Å². The zero-order valence-electron chi connectivity index (χ0n) is 13.3. The van der Waals surface area contributed by atoms with Crippen molar-refractivity contribution in [3.8, 4) is 5.75 Å². The zero-order chi connectivity index (χ0) is 15.5. The van der Waals surface area contributed by atoms with Gasteiger partial charge in [0.05, 0.1) is 7.11 Å². The minimum Gasteiger partial charge on any atom is -0.497 e. The van der Waals surface area contributed by atoms with Crippen molar-refractivity contribution in [2.75, 3.05) is 20.2 Å². The van der Waals surface area contributed by atoms with Crippen LogP contribution in [0.1, 0.15) is 38.7 Å². The molecule has 1 aliphatic rings. The Labute approximate surface area is 127 Å². The Hall–Kier alpha value is -1.04. The molecular weight excluding hydrogens is 265 g/mol. The van der Waals surface area contributed by atoms with Gasteiger partial charge in [-0.25, -0.2) is 0 Å². The van der Waals surface area contributed by atoms with Crippen LogP contribution >= 0.6 is 0 Å². The van der Waals surface area contributed by atoms with Crippen molar-refractivity contribution in [1.29, 1.82) is 0 Å². The second-order valence-electron chi connectivity index (χ2n) is 6.39. The van der Waals surface area contributed by atoms with Crippen LogP contribution in [0.3, 0.4) is 0 Å². The van der Waals surface area contributed by atoms with Gasteiger partial charge in [0, 0.05) is 12.0 Å². The molecule has 2 N–H and O–H groups in total. The molecular formula is C16H26BNO3. The molecule has 4 nitrogen and oxygen atoms in total. The molecule has 0 bridgehead atoms. The number of nitrogens with zero attached hydrogens (tertiary/aromatic N) is 1. The summed E-state index contributed by atoms with van der Waals surface area (Å²) in [5.41, 5.74) is 2.02. The largest absolute Gasteiger partial charge is 0.497 e. The first-order chi connectivity index (χ1) is 9.97. The highest BCUT2D eigenvalue weighted by atomic mass is 16.5. The first-order valence-electron chi connectivity index (χ1n) is 7.73. The zero-order valence-corrected chi connectivity index (χ0v) is 13.3. The van der Waals surface area contributed by atoms with Gasteiger partial charge in [0.2, 0.25) is 0 Å². The number of likely N-dealkylation sites (tertiary alicyclic amines) is 1. The van der Waals surface area contributed by atoms with E-state index in [1.54, 1.807) is 0 Å². The molecule has 0 saturated carbocycles. The Bertz CT molecular complexity index is 471. The maximum atomic E-state index is 9.43. The monoisotopic (exact) mass is 291 g/mol. The molecule has 0 spiro atoms. The third-order valence-electron chi connectivity index (χ3n) is 4.90. The van der Waals surface area contributed by atoms with Gasteiger partial charge < -0.3 is 14.8 Å². The second kappa shape index (κ2) is 6.82. The Morgan fingerprint density at radius 3 is 2.48 bits per heavy atom. The topological polar surface area (TPSA) is 52.9 Å². The van der Waals surface area contributed by atoms with Gasteiger partial charge in [0.1, 0.15) is 5.75 Å². The van der Waals surface area contributed by atoms with Crippen LogP contribution in [-0.4, -0.2) is 42.3 Å². The van der Waals surface area contributed by atoms with Gasteiger partial charge in [-0.1, -0.05) is 32.4 Å². The first-order valence-corrected chi connectivity index (χ1v) is 7.73. The predicted molar refractivity (Wildman–Crippen MR) is 85.7 cm³/mol. The lowest BCUT2D eigenvalue weighted by atomic mass is 9.77. The van der Waals surface area contributed by atoms with Crippen LogP contribution in [0.4, 0.5) is 0 Å². The van der Waals surface area contributed by atoms with E-state index in [4.69, 9.17) is 4.74 Å². The Morgan fingerprint density at radius 2 is 1.95 bits per heavy atom. The van der Waals surface area contributed by atoms with E-state index in [9.17, 15) is 10.0 Å². The molecule has 5 heteroatoms. The lowest BCUT2D eigenvalue weighted by molar-refractivity contribution is 0.109. The number of ether oxygens (including phenoxy) is 1. The Morgan fingerprint density at radius 1 is 1.29 bits per heavy atom. The van der Waals surface area contributed by atoms with Crippen LogP contribution in [0.15, 0.2) is 18.2 Å². The quantitative estimate of drug-likeness (QED) is 0.805. The summed E-state index contributed by atoms with van der Waals surface area (Å²) in [7, 11) is 0.0431. The third kappa shape index (κ3) is 3.99. The summed E-state index contributed by atoms with van der Waals surface area (Å²) < 4.78 is 5.16. The smallest absolute Gasteiger partial charge is 0.492 e. The van der Waals surface area contributed by atoms with Crippen LogP contribution in [0.5, 0.6) is 5.75 Å². The standard InChI is InChI=1S/C16H26BNO3/c1-4-16(2)7-9-18(10-8-16)12-13-5-6-15(21-3)14(11-13)17(19)20/h5-6,11,19-20H,4,7-10,12H2,1-3H3. The average molecular weight is 291 g/mol. The molecule has 1 saturated heterocycles. The van der Waals surface area contributed by atoms with Gasteiger partial charge in [-0.3, -0.25) is 4.90 Å². The molecule has 1 aromatic carbocycles. The average Bonchev–Trinajstić information content (AvgIpc) is 2.49. The first kappa shape index (κ1) is 16.3. The molecule has 1 aliphatic heterocycles. The molecule has 2 rings (SSSR count). The van der Waals surface area contributed by atoms with Crippen molar-refractivity contribution in [2.45, 2.75) is 39.7 Å². The summed E-state index contributed by atoms with van der Waals surface area (Å²) in [5, 5.41) is 18.9. The fourth-order valence-corrected chi connectivity index (χ4v) is 2.95. The number of hydrogen-bond donors (Lipinski definition) is 2. The van der Waals surface area contributed by atoms with Crippen LogP contribution in [0, 0.1) is 5.41 Å². The predicted octanol–water partition coefficient (Wildman–Crippen LogP) is 1.39. The molecule has 0 unspecified atom stereocenters. The maximum absolute atomic E-state index is 9.43. The summed E-state index contributed by atoms with van der Waals surface area (Å²) in [6.45, 7) is 7.70. The van der Waals surface area contributed by atoms with Crippen molar-refractivity contribution in [3.63, 3.8) is 0 Å². The van der Waals surface area contributed by atoms with E-state index in [0.29, 0.717) is 16.6 Å². The number of piperidine rings is 1. The van der Waals surface area contributed by atoms with Crippen LogP contribution in [0.25, 0.3) is 0 Å². The molecule has 0 atom stereocenters. The molecule has 1 heterocycles. The number of hydrogen-bond acceptors (Lipinski definition) is 4. The van der Waals surface area contributed by atoms with Gasteiger partial charge >= 0.3 is 7.12 Å². The van der Waals surface area contributed by atoms with Crippen molar-refractivity contribution in [3.05, 3.63) is 23.8 Å². The highest BCUT2D eigenvalue weighted by Gasteiger charge is 2.28. The number of methoxy groups -OCH3 is 1. The molecule has 0 aromatic heterocycles. The van der Waals surface area contributed by atoms with Gasteiger partial charge in [-0.05, 0) is 43.0 Å². The molecule has 1 fully saturated rings. The van der Waals surface area contributed by atoms with E-state index in [0.717, 1.165) is 25.2 Å². The van der Waals surface area contributed by atoms with Crippen molar-refractivity contribution in [2.24, 2.45) is 5.41 Å². The molecule has 116 valence electrons. The minimum atomic E-state index is -1.50. The van der Waals surface area contributed by atoms with Crippen molar-refractivity contribution >= 4 is 12.6 Å². The van der Waals surface area contributed by atoms with Gasteiger partial charge in [0.25, 0.3) is 0 Å². The van der Waals surface area contributed by atoms with Crippen molar-refractivity contribution < 1.29 is 14.8 Å². The molecule has 1 aromatic rings. The summed E-state index contributed by atoms with van der Waals surface area (Å²) >= 11 is 0. The molecule has 0 aliphatic carbocycles. The van der Waals surface area contributed by atoms with E-state index in [-0.39, 0.29) is 0 Å². The van der Waals surface area contributed by atoms with Crippen LogP contribution in [-0.2, 0) is 6.54 Å². The molecule has 21 heavy (non-hydrogen) atoms. The van der Waals surface area contributed by atoms with Gasteiger partial charge in [0.15, 0.2) is 0 Å². The summed E-state index contributed by atoms with van der Waals surface area (Å²) in [5.74, 6) is 0.519. The van der Waals surface area contributed by atoms with E-state index in [2.05, 4.69) is 18.7 Å². The highest BCUT2D eigenvalue weighted by molar-refractivity contribution is 6.59. The van der Waals surface area contributed by atoms with Crippen LogP contribution in [0.2, 0.25) is 0 Å². The van der Waals surface area contributed by atoms with Gasteiger partial charge in [-0.2, -0.15) is 0 Å². The lowest BCUT2D eigenvalue weighted by Crippen LogP contribution is -2.38. The number of benzene rings is 1. The summed E-state index contributed by atoms with van der Waals surface area (Å²) in [6.07, 6.45) is 3.70. The highest BCUT2D eigenvalue weighted by Crippen LogP contribution is 2.34. The van der Waals surface area contributed by atoms with E-state index >= 15 is 0 Å². The Kier molecular flexibility index (Phi) is 5.30. The molecule has 0 amide bonds. The minimum absolute atomic E-state index is 0.436. The van der Waals surface area contributed by atoms with Gasteiger partial charge in [-0.15, -0.1) is 0 Å². The molecule has 0 radical (unpaired) electrons.